The number of ether oxygens (including phenoxy) is 4. The van der Waals surface area contributed by atoms with Crippen molar-refractivity contribution < 1.29 is 23.4 Å². The summed E-state index contributed by atoms with van der Waals surface area (Å²) in [5, 5.41) is 9.14. The second kappa shape index (κ2) is 8.35. The third kappa shape index (κ3) is 3.65. The SMILES string of the molecule is COc1cc(OCc2csc(C3(OC)CCOC3)n2)c2cc(-c3cn4nc(C)sc4n3)oc2c1. The molecule has 9 nitrogen and oxygen atoms in total. The molecule has 1 atom stereocenters. The van der Waals surface area contributed by atoms with Gasteiger partial charge in [-0.2, -0.15) is 5.10 Å². The van der Waals surface area contributed by atoms with E-state index >= 15 is 0 Å². The first kappa shape index (κ1) is 21.5. The molecular formula is C23H22N4O5S2. The van der Waals surface area contributed by atoms with Crippen molar-refractivity contribution in [1.82, 2.24) is 19.6 Å². The molecule has 0 spiro atoms. The fourth-order valence-electron chi connectivity index (χ4n) is 4.06. The number of imidazole rings is 1. The highest BCUT2D eigenvalue weighted by atomic mass is 32.1. The zero-order valence-corrected chi connectivity index (χ0v) is 20.5. The summed E-state index contributed by atoms with van der Waals surface area (Å²) >= 11 is 3.10. The lowest BCUT2D eigenvalue weighted by Gasteiger charge is -2.22. The maximum absolute atomic E-state index is 6.20. The van der Waals surface area contributed by atoms with E-state index in [0.717, 1.165) is 32.5 Å². The summed E-state index contributed by atoms with van der Waals surface area (Å²) in [5.74, 6) is 1.94. The summed E-state index contributed by atoms with van der Waals surface area (Å²) in [6.07, 6.45) is 2.66. The zero-order chi connectivity index (χ0) is 23.3. The predicted molar refractivity (Wildman–Crippen MR) is 128 cm³/mol. The van der Waals surface area contributed by atoms with E-state index in [1.54, 1.807) is 30.1 Å². The van der Waals surface area contributed by atoms with Crippen molar-refractivity contribution in [3.8, 4) is 23.0 Å². The highest BCUT2D eigenvalue weighted by Gasteiger charge is 2.39. The van der Waals surface area contributed by atoms with Gasteiger partial charge in [0.05, 0.1) is 31.0 Å². The van der Waals surface area contributed by atoms with Gasteiger partial charge in [0, 0.05) is 37.7 Å². The Kier molecular flexibility index (Phi) is 5.29. The van der Waals surface area contributed by atoms with E-state index in [0.29, 0.717) is 48.4 Å². The molecule has 1 saturated heterocycles. The van der Waals surface area contributed by atoms with Gasteiger partial charge in [0.25, 0.3) is 0 Å². The first-order valence-electron chi connectivity index (χ1n) is 10.7. The van der Waals surface area contributed by atoms with Crippen LogP contribution < -0.4 is 9.47 Å². The topological polar surface area (TPSA) is 93.1 Å². The molecule has 1 unspecified atom stereocenters. The Morgan fingerprint density at radius 2 is 2.12 bits per heavy atom. The number of thiazole rings is 1. The number of aryl methyl sites for hydroxylation is 1. The third-order valence-electron chi connectivity index (χ3n) is 5.90. The lowest BCUT2D eigenvalue weighted by molar-refractivity contribution is -0.0216. The van der Waals surface area contributed by atoms with Gasteiger partial charge in [-0.3, -0.25) is 0 Å². The monoisotopic (exact) mass is 498 g/mol. The summed E-state index contributed by atoms with van der Waals surface area (Å²) in [6, 6.07) is 5.63. The van der Waals surface area contributed by atoms with Crippen molar-refractivity contribution >= 4 is 38.6 Å². The molecule has 0 amide bonds. The number of aromatic nitrogens is 4. The average Bonchev–Trinajstić information content (AvgIpc) is 3.64. The van der Waals surface area contributed by atoms with Gasteiger partial charge < -0.3 is 23.4 Å². The molecule has 5 aromatic rings. The van der Waals surface area contributed by atoms with E-state index in [1.165, 1.54) is 11.3 Å². The van der Waals surface area contributed by atoms with Crippen LogP contribution in [0.1, 0.15) is 22.1 Å². The van der Waals surface area contributed by atoms with Crippen molar-refractivity contribution in [1.29, 1.82) is 0 Å². The van der Waals surface area contributed by atoms with Crippen LogP contribution in [0, 0.1) is 6.92 Å². The Labute approximate surface area is 202 Å². The van der Waals surface area contributed by atoms with Gasteiger partial charge in [-0.15, -0.1) is 11.3 Å². The maximum Gasteiger partial charge on any atom is 0.212 e. The van der Waals surface area contributed by atoms with E-state index in [2.05, 4.69) is 10.1 Å². The largest absolute Gasteiger partial charge is 0.496 e. The number of hydrogen-bond acceptors (Lipinski definition) is 10. The van der Waals surface area contributed by atoms with Crippen molar-refractivity contribution in [2.24, 2.45) is 0 Å². The molecule has 34 heavy (non-hydrogen) atoms. The van der Waals surface area contributed by atoms with Gasteiger partial charge in [0.1, 0.15) is 45.0 Å². The Morgan fingerprint density at radius 1 is 1.21 bits per heavy atom. The van der Waals surface area contributed by atoms with Crippen LogP contribution in [0.15, 0.2) is 34.2 Å². The number of rotatable bonds is 7. The van der Waals surface area contributed by atoms with Crippen molar-refractivity contribution in [2.75, 3.05) is 27.4 Å². The molecule has 6 rings (SSSR count). The van der Waals surface area contributed by atoms with Crippen LogP contribution in [-0.2, 0) is 21.7 Å². The van der Waals surface area contributed by atoms with E-state index in [1.807, 2.05) is 36.7 Å². The first-order valence-corrected chi connectivity index (χ1v) is 12.4. The molecule has 4 aromatic heterocycles. The molecular weight excluding hydrogens is 476 g/mol. The van der Waals surface area contributed by atoms with Crippen molar-refractivity contribution in [3.05, 3.63) is 45.5 Å². The smallest absolute Gasteiger partial charge is 0.212 e. The Hall–Kier alpha value is -2.99. The second-order valence-corrected chi connectivity index (χ2v) is 10.1. The van der Waals surface area contributed by atoms with Crippen LogP contribution in [-0.4, -0.2) is 47.0 Å². The highest BCUT2D eigenvalue weighted by Crippen LogP contribution is 2.38. The molecule has 0 saturated carbocycles. The minimum atomic E-state index is -0.461. The third-order valence-corrected chi connectivity index (χ3v) is 7.81. The van der Waals surface area contributed by atoms with Crippen molar-refractivity contribution in [2.45, 2.75) is 25.6 Å². The fourth-order valence-corrected chi connectivity index (χ4v) is 5.78. The van der Waals surface area contributed by atoms with Crippen LogP contribution in [0.2, 0.25) is 0 Å². The molecule has 1 fully saturated rings. The van der Waals surface area contributed by atoms with Crippen LogP contribution in [0.25, 0.3) is 27.4 Å². The van der Waals surface area contributed by atoms with Gasteiger partial charge in [0.2, 0.25) is 4.96 Å². The van der Waals surface area contributed by atoms with Gasteiger partial charge in [-0.1, -0.05) is 11.3 Å². The number of fused-ring (bicyclic) bond motifs is 2. The molecule has 0 N–H and O–H groups in total. The number of benzene rings is 1. The Morgan fingerprint density at radius 3 is 2.88 bits per heavy atom. The van der Waals surface area contributed by atoms with E-state index in [4.69, 9.17) is 28.3 Å². The average molecular weight is 499 g/mol. The Bertz CT molecular complexity index is 1450. The van der Waals surface area contributed by atoms with Crippen LogP contribution in [0.5, 0.6) is 11.5 Å². The molecule has 0 bridgehead atoms. The first-order chi connectivity index (χ1) is 16.6. The molecule has 0 aliphatic carbocycles. The van der Waals surface area contributed by atoms with Crippen LogP contribution >= 0.6 is 22.7 Å². The minimum Gasteiger partial charge on any atom is -0.496 e. The van der Waals surface area contributed by atoms with Crippen LogP contribution in [0.3, 0.4) is 0 Å². The van der Waals surface area contributed by atoms with Crippen molar-refractivity contribution in [3.63, 3.8) is 0 Å². The quantitative estimate of drug-likeness (QED) is 0.315. The van der Waals surface area contributed by atoms with Gasteiger partial charge in [-0.25, -0.2) is 14.5 Å². The lowest BCUT2D eigenvalue weighted by Crippen LogP contribution is -2.28. The summed E-state index contributed by atoms with van der Waals surface area (Å²) in [4.78, 5) is 10.2. The van der Waals surface area contributed by atoms with E-state index in [-0.39, 0.29) is 0 Å². The molecule has 11 heteroatoms. The molecule has 1 aliphatic rings. The van der Waals surface area contributed by atoms with Gasteiger partial charge >= 0.3 is 0 Å². The predicted octanol–water partition coefficient (Wildman–Crippen LogP) is 4.82. The molecule has 1 aromatic carbocycles. The van der Waals surface area contributed by atoms with E-state index in [9.17, 15) is 0 Å². The number of methoxy groups -OCH3 is 2. The molecule has 1 aliphatic heterocycles. The maximum atomic E-state index is 6.20. The molecule has 5 heterocycles. The van der Waals surface area contributed by atoms with Gasteiger partial charge in [-0.05, 0) is 13.0 Å². The summed E-state index contributed by atoms with van der Waals surface area (Å²) < 4.78 is 30.9. The standard InChI is InChI=1S/C23H22N4O5S2/c1-13-26-27-9-17(25-22(27)34-13)20-8-16-18(6-15(28-2)7-19(16)32-20)31-10-14-11-33-21(24-14)23(29-3)4-5-30-12-23/h6-9,11H,4-5,10,12H2,1-3H3. The number of nitrogens with zero attached hydrogens (tertiary/aromatic N) is 4. The normalized spacial score (nSPS) is 18.3. The van der Waals surface area contributed by atoms with E-state index < -0.39 is 5.60 Å². The minimum absolute atomic E-state index is 0.309. The zero-order valence-electron chi connectivity index (χ0n) is 18.9. The molecule has 0 radical (unpaired) electrons. The summed E-state index contributed by atoms with van der Waals surface area (Å²) in [5.41, 5.74) is 1.74. The molecule has 176 valence electrons. The fraction of sp³-hybridized carbons (Fsp3) is 0.348. The summed E-state index contributed by atoms with van der Waals surface area (Å²) in [6.45, 7) is 3.46. The summed E-state index contributed by atoms with van der Waals surface area (Å²) in [7, 11) is 3.32. The van der Waals surface area contributed by atoms with Crippen LogP contribution in [0.4, 0.5) is 0 Å². The second-order valence-electron chi connectivity index (χ2n) is 8.06. The lowest BCUT2D eigenvalue weighted by atomic mass is 10.0. The number of hydrogen-bond donors (Lipinski definition) is 0. The van der Waals surface area contributed by atoms with Gasteiger partial charge in [0.15, 0.2) is 5.76 Å². The number of furan rings is 1. The highest BCUT2D eigenvalue weighted by molar-refractivity contribution is 7.16. The Balaban J connectivity index is 1.29.